The van der Waals surface area contributed by atoms with Gasteiger partial charge in [0, 0.05) is 99.7 Å². The zero-order valence-corrected chi connectivity index (χ0v) is 87.0. The molecule has 7 N–H and O–H groups in total. The summed E-state index contributed by atoms with van der Waals surface area (Å²) in [5, 5.41) is 24.7. The molecule has 0 bridgehead atoms. The van der Waals surface area contributed by atoms with Gasteiger partial charge >= 0.3 is 18.1 Å². The van der Waals surface area contributed by atoms with Gasteiger partial charge in [0.25, 0.3) is 0 Å². The number of hydrogen-bond donors (Lipinski definition) is 7. The Bertz CT molecular complexity index is 7000. The normalized spacial score (nSPS) is 17.7. The van der Waals surface area contributed by atoms with E-state index in [9.17, 15) is 79.3 Å². The Morgan fingerprint density at radius 2 is 0.644 bits per heavy atom. The van der Waals surface area contributed by atoms with Crippen LogP contribution in [-0.2, 0) is 48.7 Å². The van der Waals surface area contributed by atoms with E-state index in [1.165, 1.54) is 198 Å². The smallest absolute Gasteiger partial charge is 0.319 e. The van der Waals surface area contributed by atoms with E-state index in [1.54, 1.807) is 109 Å². The van der Waals surface area contributed by atoms with Gasteiger partial charge in [-0.3, -0.25) is 38.9 Å². The van der Waals surface area contributed by atoms with E-state index in [0.717, 1.165) is 20.3 Å². The first-order valence-corrected chi connectivity index (χ1v) is 57.3. The highest BCUT2D eigenvalue weighted by Crippen LogP contribution is 2.47. The highest BCUT2D eigenvalue weighted by Gasteiger charge is 2.47. The van der Waals surface area contributed by atoms with E-state index in [4.69, 9.17) is 0 Å². The maximum absolute atomic E-state index is 15.4. The highest BCUT2D eigenvalue weighted by molar-refractivity contribution is 7.71. The molecular formula is C107H107F12N13O13P4. The van der Waals surface area contributed by atoms with E-state index in [-0.39, 0.29) is 145 Å². The lowest BCUT2D eigenvalue weighted by molar-refractivity contribution is -0.125. The Morgan fingerprint density at radius 3 is 0.980 bits per heavy atom. The largest absolute Gasteiger partial charge is 0.394 e. The number of nitrogens with one attached hydrogen (secondary N) is 6. The minimum atomic E-state index is -2.90. The Balaban J connectivity index is 0.000000166. The van der Waals surface area contributed by atoms with Gasteiger partial charge in [0.15, 0.2) is 46.5 Å². The highest BCUT2D eigenvalue weighted by atomic mass is 31.2. The van der Waals surface area contributed by atoms with Crippen LogP contribution < -0.4 is 73.1 Å². The molecule has 0 spiro atoms. The van der Waals surface area contributed by atoms with E-state index >= 15 is 35.1 Å². The fourth-order valence-electron chi connectivity index (χ4n) is 18.3. The molecule has 12 aromatic rings. The number of aromatic nitrogens is 3. The third-order valence-electron chi connectivity index (χ3n) is 25.3. The summed E-state index contributed by atoms with van der Waals surface area (Å²) in [5.41, 5.74) is 2.60. The molecule has 8 atom stereocenters. The first kappa shape index (κ1) is 112. The fourth-order valence-corrected chi connectivity index (χ4v) is 22.9. The molecule has 0 radical (unpaired) electrons. The van der Waals surface area contributed by atoms with Gasteiger partial charge in [0.2, 0.25) is 23.6 Å². The molecule has 26 nitrogen and oxygen atoms in total. The van der Waals surface area contributed by atoms with Crippen LogP contribution in [0.15, 0.2) is 201 Å². The molecule has 10 amide bonds. The first-order chi connectivity index (χ1) is 70.1. The monoisotopic (exact) mass is 2130 g/mol. The second kappa shape index (κ2) is 45.9. The van der Waals surface area contributed by atoms with Crippen LogP contribution in [-0.4, -0.2) is 170 Å². The summed E-state index contributed by atoms with van der Waals surface area (Å²) < 4.78 is 230. The zero-order chi connectivity index (χ0) is 109. The summed E-state index contributed by atoms with van der Waals surface area (Å²) >= 11 is 0. The first-order valence-electron chi connectivity index (χ1n) is 46.9. The van der Waals surface area contributed by atoms with Crippen LogP contribution in [0, 0.1) is 103 Å². The quantitative estimate of drug-likeness (QED) is 0.0231. The van der Waals surface area contributed by atoms with E-state index in [1.807, 2.05) is 0 Å². The second-order valence-corrected chi connectivity index (χ2v) is 50.9. The van der Waals surface area contributed by atoms with Gasteiger partial charge in [-0.15, -0.1) is 0 Å². The van der Waals surface area contributed by atoms with Gasteiger partial charge in [0.05, 0.1) is 52.5 Å². The minimum Gasteiger partial charge on any atom is -0.394 e. The molecule has 4 aliphatic heterocycles. The average molecular weight is 2130 g/mol. The van der Waals surface area contributed by atoms with Gasteiger partial charge in [-0.1, -0.05) is 72.8 Å². The van der Waals surface area contributed by atoms with Gasteiger partial charge in [0.1, 0.15) is 92.1 Å². The van der Waals surface area contributed by atoms with Crippen molar-refractivity contribution in [3.63, 3.8) is 0 Å². The molecule has 0 aliphatic carbocycles. The lowest BCUT2D eigenvalue weighted by Gasteiger charge is -2.24. The van der Waals surface area contributed by atoms with E-state index in [2.05, 4.69) is 46.9 Å². The number of halogens is 12. The average Bonchev–Trinajstić information content (AvgIpc) is 1.64. The Hall–Kier alpha value is -14.2. The van der Waals surface area contributed by atoms with Crippen LogP contribution >= 0.6 is 28.6 Å². The van der Waals surface area contributed by atoms with Crippen molar-refractivity contribution in [2.45, 2.75) is 129 Å². The molecule has 42 heteroatoms. The van der Waals surface area contributed by atoms with Crippen LogP contribution in [0.1, 0.15) is 80.7 Å². The molecule has 16 rings (SSSR count). The topological polar surface area (TPSA) is 349 Å². The molecule has 0 saturated carbocycles. The number of aliphatic hydroxyl groups is 1. The number of ketones is 1. The fraction of sp³-hybridized carbons (Fsp3) is 0.280. The number of nitrogens with zero attached hydrogens (tertiary/aromatic N) is 7. The predicted molar refractivity (Wildman–Crippen MR) is 554 cm³/mol. The molecule has 782 valence electrons. The number of benzene rings is 9. The SMILES string of the molecule is Cc1ccc(CC(=O)C[C@@H]2CC(C)N(c3ccc(-c4cccnc4P(C)(C)=O)c(F)c3F)C2=O)c(F)c1.Cc1ccc(NC(=O)N[C@@H]2CC(C)N(c3ccc(-c4cccnc4P(C)(C)=O)c(F)c3F)C2=O)c(F)c1.Cc1ccc(NC(=O)N[C@@H]2CC(C)N(c3ccc(-c4cccnc4P(C)(C)=O)c(F)c3F)C2=O)c(F)c1.Cc1ccc(NC(=O)N[C@@H]2C[C@@H](CO)N(c3ccc(-c4ccccc4P(C)(C)=O)c(F)c3F)C2=O)c(F)c1. The van der Waals surface area contributed by atoms with Crippen LogP contribution in [0.5, 0.6) is 0 Å². The zero-order valence-electron chi connectivity index (χ0n) is 83.4. The number of carbonyl (C=O) groups excluding carboxylic acids is 8. The van der Waals surface area contributed by atoms with Crippen molar-refractivity contribution < 1.29 is 114 Å². The molecule has 149 heavy (non-hydrogen) atoms. The minimum absolute atomic E-state index is 0.0550. The standard InChI is InChI=1S/C28H28F3N2O3P.C27H27F3N3O4P.2C26H26F3N4O3P/c1-16-7-8-18(23(29)12-16)14-20(34)15-19-13-17(2)33(28(19)35)24-10-9-21(25(30)26(24)31)22-6-5-11-32-27(22)37(3,4)36;1-15-8-10-20(19(28)12-15)31-27(36)32-21-13-16(14-34)33(26(21)35)22-11-9-18(24(29)25(22)30)17-6-4-5-7-23(17)38(2,3)37;2*1-14-7-9-19(18(27)12-14)31-26(35)32-20-13-15(2)33(25(20)34)21-10-8-16(22(28)23(21)29)17-6-5-11-30-24(17)37(3,4)36/h5-12,17,19H,13-15H2,1-4H3;4-12,16,21,34H,13-14H2,1-3H3,(H2,31,32,36);2*5-12,15,20H,13H2,1-4H3,(H2,31,32,35)/t17?,19-;16-,21+;2*15?,20-/m0011/s1. The summed E-state index contributed by atoms with van der Waals surface area (Å²) in [7, 11) is -11.5. The van der Waals surface area contributed by atoms with Crippen molar-refractivity contribution in [2.24, 2.45) is 5.92 Å². The molecule has 7 heterocycles. The lowest BCUT2D eigenvalue weighted by atomic mass is 9.95. The number of amides is 10. The number of aliphatic hydroxyl groups excluding tert-OH is 1. The van der Waals surface area contributed by atoms with Crippen molar-refractivity contribution in [2.75, 3.05) is 95.5 Å². The van der Waals surface area contributed by atoms with Crippen molar-refractivity contribution in [3.8, 4) is 44.5 Å². The third kappa shape index (κ3) is 25.2. The van der Waals surface area contributed by atoms with Crippen LogP contribution in [0.2, 0.25) is 0 Å². The maximum Gasteiger partial charge on any atom is 0.319 e. The molecule has 9 aromatic carbocycles. The molecule has 3 unspecified atom stereocenters. The summed E-state index contributed by atoms with van der Waals surface area (Å²) in [6.45, 7) is 23.3. The molecule has 4 saturated heterocycles. The Labute approximate surface area is 851 Å². The summed E-state index contributed by atoms with van der Waals surface area (Å²) in [4.78, 5) is 119. The maximum atomic E-state index is 15.4. The van der Waals surface area contributed by atoms with Crippen molar-refractivity contribution >= 4 is 137 Å². The van der Waals surface area contributed by atoms with Gasteiger partial charge in [-0.05, 0) is 270 Å². The van der Waals surface area contributed by atoms with Crippen molar-refractivity contribution in [3.05, 3.63) is 298 Å². The molecule has 3 aromatic heterocycles. The number of urea groups is 3. The van der Waals surface area contributed by atoms with Crippen LogP contribution in [0.4, 0.5) is 107 Å². The number of carbonyl (C=O) groups is 8. The number of hydrogen-bond acceptors (Lipinski definition) is 16. The van der Waals surface area contributed by atoms with Crippen molar-refractivity contribution in [1.29, 1.82) is 0 Å². The van der Waals surface area contributed by atoms with Crippen LogP contribution in [0.3, 0.4) is 0 Å². The summed E-state index contributed by atoms with van der Waals surface area (Å²) in [6.07, 6.45) is 4.51. The van der Waals surface area contributed by atoms with Gasteiger partial charge < -0.3 is 74.9 Å². The Morgan fingerprint density at radius 1 is 0.342 bits per heavy atom. The number of pyridine rings is 3. The van der Waals surface area contributed by atoms with Gasteiger partial charge in [-0.25, -0.2) is 67.1 Å². The van der Waals surface area contributed by atoms with E-state index < -0.39 is 201 Å². The number of Topliss-reactive ketones (excluding diaryl/α,β-unsaturated/α-hetero) is 1. The van der Waals surface area contributed by atoms with Crippen molar-refractivity contribution in [1.82, 2.24) is 30.9 Å². The Kier molecular flexibility index (Phi) is 34.5. The number of rotatable bonds is 23. The van der Waals surface area contributed by atoms with Gasteiger partial charge in [-0.2, -0.15) is 0 Å². The third-order valence-corrected chi connectivity index (χ3v) is 31.0. The number of anilines is 7. The lowest BCUT2D eigenvalue weighted by Crippen LogP contribution is -2.44. The second-order valence-electron chi connectivity index (χ2n) is 38.4. The predicted octanol–water partition coefficient (Wildman–Crippen LogP) is 20.4. The summed E-state index contributed by atoms with van der Waals surface area (Å²) in [6, 6.07) is 35.1. The van der Waals surface area contributed by atoms with E-state index in [0.29, 0.717) is 22.0 Å². The number of aryl methyl sites for hydroxylation is 4. The molecular weight excluding hydrogens is 2030 g/mol. The molecule has 4 fully saturated rings. The molecule has 4 aliphatic rings. The van der Waals surface area contributed by atoms with Crippen LogP contribution in [0.25, 0.3) is 44.5 Å². The summed E-state index contributed by atoms with van der Waals surface area (Å²) in [5.74, 6) is -15.8.